The van der Waals surface area contributed by atoms with Crippen LogP contribution < -0.4 is 5.73 Å². The van der Waals surface area contributed by atoms with Crippen LogP contribution in [-0.4, -0.2) is 27.2 Å². The molecule has 0 radical (unpaired) electrons. The van der Waals surface area contributed by atoms with E-state index in [0.29, 0.717) is 0 Å². The summed E-state index contributed by atoms with van der Waals surface area (Å²) >= 11 is 0. The SMILES string of the molecule is C=CC(N)=O.CC(C)COS(C)(=O)=O. The Morgan fingerprint density at radius 3 is 2.00 bits per heavy atom. The van der Waals surface area contributed by atoms with Crippen LogP contribution in [-0.2, 0) is 19.1 Å². The summed E-state index contributed by atoms with van der Waals surface area (Å²) in [6.45, 7) is 7.15. The topological polar surface area (TPSA) is 86.5 Å². The fraction of sp³-hybridized carbons (Fsp3) is 0.625. The summed E-state index contributed by atoms with van der Waals surface area (Å²) < 4.78 is 25.1. The molecule has 0 bridgehead atoms. The Morgan fingerprint density at radius 2 is 1.93 bits per heavy atom. The molecule has 0 aliphatic heterocycles. The van der Waals surface area contributed by atoms with Crippen LogP contribution in [0.2, 0.25) is 0 Å². The molecule has 0 fully saturated rings. The summed E-state index contributed by atoms with van der Waals surface area (Å²) in [4.78, 5) is 9.47. The highest BCUT2D eigenvalue weighted by Crippen LogP contribution is 1.95. The predicted octanol–water partition coefficient (Wildman–Crippen LogP) is 0.276. The zero-order chi connectivity index (χ0) is 11.8. The lowest BCUT2D eigenvalue weighted by atomic mass is 10.2. The van der Waals surface area contributed by atoms with Crippen molar-refractivity contribution in [2.75, 3.05) is 12.9 Å². The Kier molecular flexibility index (Phi) is 8.37. The van der Waals surface area contributed by atoms with E-state index < -0.39 is 16.0 Å². The van der Waals surface area contributed by atoms with Crippen molar-refractivity contribution in [1.82, 2.24) is 0 Å². The quantitative estimate of drug-likeness (QED) is 0.547. The predicted molar refractivity (Wildman–Crippen MR) is 55.0 cm³/mol. The highest BCUT2D eigenvalue weighted by atomic mass is 32.2. The highest BCUT2D eigenvalue weighted by molar-refractivity contribution is 7.85. The van der Waals surface area contributed by atoms with Gasteiger partial charge in [-0.1, -0.05) is 20.4 Å². The van der Waals surface area contributed by atoms with Crippen LogP contribution in [0.4, 0.5) is 0 Å². The van der Waals surface area contributed by atoms with Crippen molar-refractivity contribution in [2.45, 2.75) is 13.8 Å². The number of primary amides is 1. The van der Waals surface area contributed by atoms with E-state index in [-0.39, 0.29) is 12.5 Å². The summed E-state index contributed by atoms with van der Waals surface area (Å²) in [7, 11) is -3.22. The lowest BCUT2D eigenvalue weighted by molar-refractivity contribution is -0.113. The van der Waals surface area contributed by atoms with Gasteiger partial charge in [-0.05, 0) is 12.0 Å². The van der Waals surface area contributed by atoms with Gasteiger partial charge in [0.15, 0.2) is 0 Å². The van der Waals surface area contributed by atoms with E-state index in [9.17, 15) is 13.2 Å². The van der Waals surface area contributed by atoms with Crippen LogP contribution in [0.5, 0.6) is 0 Å². The average molecular weight is 223 g/mol. The first-order chi connectivity index (χ1) is 6.19. The molecule has 0 spiro atoms. The van der Waals surface area contributed by atoms with E-state index in [2.05, 4.69) is 16.5 Å². The third-order valence-electron chi connectivity index (χ3n) is 0.817. The largest absolute Gasteiger partial charge is 0.366 e. The van der Waals surface area contributed by atoms with Crippen molar-refractivity contribution >= 4 is 16.0 Å². The van der Waals surface area contributed by atoms with E-state index >= 15 is 0 Å². The van der Waals surface area contributed by atoms with E-state index in [1.807, 2.05) is 13.8 Å². The van der Waals surface area contributed by atoms with Crippen molar-refractivity contribution < 1.29 is 17.4 Å². The maximum atomic E-state index is 10.3. The van der Waals surface area contributed by atoms with Gasteiger partial charge in [0.25, 0.3) is 10.1 Å². The Balaban J connectivity index is 0. The molecule has 0 aromatic heterocycles. The fourth-order valence-corrected chi connectivity index (χ4v) is 0.779. The Hall–Kier alpha value is -0.880. The molecule has 0 aromatic carbocycles. The van der Waals surface area contributed by atoms with Crippen LogP contribution in [0.25, 0.3) is 0 Å². The molecule has 0 saturated heterocycles. The van der Waals surface area contributed by atoms with Gasteiger partial charge in [0.2, 0.25) is 5.91 Å². The smallest absolute Gasteiger partial charge is 0.264 e. The maximum Gasteiger partial charge on any atom is 0.264 e. The number of rotatable bonds is 4. The molecule has 0 rings (SSSR count). The summed E-state index contributed by atoms with van der Waals surface area (Å²) in [5, 5.41) is 0. The number of amides is 1. The van der Waals surface area contributed by atoms with Crippen molar-refractivity contribution in [2.24, 2.45) is 11.7 Å². The van der Waals surface area contributed by atoms with Gasteiger partial charge in [0.05, 0.1) is 12.9 Å². The molecule has 0 saturated carbocycles. The average Bonchev–Trinajstić information content (AvgIpc) is 2.01. The molecule has 0 atom stereocenters. The first-order valence-electron chi connectivity index (χ1n) is 3.95. The standard InChI is InChI=1S/C5H12O3S.C3H5NO/c1-5(2)4-8-9(3,6)7;1-2-3(4)5/h5H,4H2,1-3H3;2H,1H2,(H2,4,5). The molecule has 84 valence electrons. The zero-order valence-electron chi connectivity index (χ0n) is 8.69. The Labute approximate surface area is 85.1 Å². The Bertz CT molecular complexity index is 269. The second-order valence-corrected chi connectivity index (χ2v) is 4.63. The van der Waals surface area contributed by atoms with Gasteiger partial charge in [0, 0.05) is 0 Å². The van der Waals surface area contributed by atoms with Gasteiger partial charge in [0.1, 0.15) is 0 Å². The van der Waals surface area contributed by atoms with Crippen molar-refractivity contribution in [3.63, 3.8) is 0 Å². The molecule has 6 heteroatoms. The van der Waals surface area contributed by atoms with Crippen molar-refractivity contribution in [3.8, 4) is 0 Å². The number of hydrogen-bond donors (Lipinski definition) is 1. The van der Waals surface area contributed by atoms with Crippen molar-refractivity contribution in [3.05, 3.63) is 12.7 Å². The molecule has 5 nitrogen and oxygen atoms in total. The minimum absolute atomic E-state index is 0.264. The van der Waals surface area contributed by atoms with Gasteiger partial charge in [-0.25, -0.2) is 0 Å². The molecule has 0 unspecified atom stereocenters. The number of carbonyl (C=O) groups is 1. The van der Waals surface area contributed by atoms with E-state index in [1.54, 1.807) is 0 Å². The normalized spacial score (nSPS) is 10.3. The summed E-state index contributed by atoms with van der Waals surface area (Å²) in [5.74, 6) is -0.218. The van der Waals surface area contributed by atoms with Crippen LogP contribution in [0.3, 0.4) is 0 Å². The molecule has 14 heavy (non-hydrogen) atoms. The lowest BCUT2D eigenvalue weighted by Crippen LogP contribution is -2.08. The van der Waals surface area contributed by atoms with Crippen LogP contribution in [0.1, 0.15) is 13.8 Å². The number of hydrogen-bond acceptors (Lipinski definition) is 4. The lowest BCUT2D eigenvalue weighted by Gasteiger charge is -2.02. The summed E-state index contributed by atoms with van der Waals surface area (Å²) in [6.07, 6.45) is 2.11. The van der Waals surface area contributed by atoms with Gasteiger partial charge < -0.3 is 5.73 Å². The van der Waals surface area contributed by atoms with E-state index in [1.165, 1.54) is 0 Å². The fourth-order valence-electron chi connectivity index (χ4n) is 0.260. The molecule has 1 amide bonds. The first kappa shape index (κ1) is 15.6. The van der Waals surface area contributed by atoms with E-state index in [0.717, 1.165) is 12.3 Å². The van der Waals surface area contributed by atoms with E-state index in [4.69, 9.17) is 0 Å². The van der Waals surface area contributed by atoms with Gasteiger partial charge in [-0.2, -0.15) is 8.42 Å². The molecule has 0 heterocycles. The van der Waals surface area contributed by atoms with Crippen molar-refractivity contribution in [1.29, 1.82) is 0 Å². The third kappa shape index (κ3) is 22.5. The van der Waals surface area contributed by atoms with Gasteiger partial charge in [-0.3, -0.25) is 8.98 Å². The summed E-state index contributed by atoms with van der Waals surface area (Å²) in [6, 6.07) is 0. The maximum absolute atomic E-state index is 10.3. The number of nitrogens with two attached hydrogens (primary N) is 1. The van der Waals surface area contributed by atoms with Crippen LogP contribution in [0, 0.1) is 5.92 Å². The molecule has 0 aromatic rings. The molecule has 0 aliphatic rings. The zero-order valence-corrected chi connectivity index (χ0v) is 9.50. The monoisotopic (exact) mass is 223 g/mol. The highest BCUT2D eigenvalue weighted by Gasteiger charge is 2.01. The molecular formula is C8H17NO4S. The van der Waals surface area contributed by atoms with Crippen LogP contribution >= 0.6 is 0 Å². The minimum Gasteiger partial charge on any atom is -0.366 e. The third-order valence-corrected chi connectivity index (χ3v) is 1.38. The minimum atomic E-state index is -3.22. The second-order valence-electron chi connectivity index (χ2n) is 2.99. The van der Waals surface area contributed by atoms with Crippen LogP contribution in [0.15, 0.2) is 12.7 Å². The summed E-state index contributed by atoms with van der Waals surface area (Å²) in [5.41, 5.74) is 4.53. The number of carbonyl (C=O) groups excluding carboxylic acids is 1. The second kappa shape index (κ2) is 7.52. The van der Waals surface area contributed by atoms with Gasteiger partial charge >= 0.3 is 0 Å². The first-order valence-corrected chi connectivity index (χ1v) is 5.77. The molecule has 0 aliphatic carbocycles. The Morgan fingerprint density at radius 1 is 1.57 bits per heavy atom. The molecular weight excluding hydrogens is 206 g/mol. The molecule has 2 N–H and O–H groups in total. The van der Waals surface area contributed by atoms with Gasteiger partial charge in [-0.15, -0.1) is 0 Å².